The van der Waals surface area contributed by atoms with Gasteiger partial charge in [0.05, 0.1) is 6.10 Å². The predicted molar refractivity (Wildman–Crippen MR) is 78.9 cm³/mol. The second-order valence-corrected chi connectivity index (χ2v) is 6.76. The molecule has 2 nitrogen and oxygen atoms in total. The molecule has 106 valence electrons. The molecule has 1 N–H and O–H groups in total. The van der Waals surface area contributed by atoms with Crippen LogP contribution in [0.15, 0.2) is 0 Å². The number of hydrogen-bond donors (Lipinski definition) is 1. The lowest BCUT2D eigenvalue weighted by Gasteiger charge is -2.33. The minimum absolute atomic E-state index is 0.247. The molecule has 1 aliphatic carbocycles. The van der Waals surface area contributed by atoms with E-state index in [4.69, 9.17) is 0 Å². The van der Waals surface area contributed by atoms with E-state index in [-0.39, 0.29) is 11.9 Å². The molecule has 1 saturated carbocycles. The summed E-state index contributed by atoms with van der Waals surface area (Å²) in [6, 6.07) is 0. The maximum atomic E-state index is 11.5. The first kappa shape index (κ1) is 16.2. The highest BCUT2D eigenvalue weighted by Gasteiger charge is 2.31. The van der Waals surface area contributed by atoms with E-state index in [2.05, 4.69) is 29.8 Å². The van der Waals surface area contributed by atoms with Crippen LogP contribution in [0.2, 0.25) is 0 Å². The Hall–Kier alpha value is 0.110. The Morgan fingerprint density at radius 3 is 2.61 bits per heavy atom. The number of aliphatic hydroxyl groups excluding tert-OH is 1. The van der Waals surface area contributed by atoms with Gasteiger partial charge in [-0.15, -0.1) is 0 Å². The standard InChI is InChI=1S/C15H27BrO2/c1-11(6-4-3-5-7-16)12(2)13-8-14(17)10-15(18)9-13/h11-14,17H,3-10H2,1-2H3. The van der Waals surface area contributed by atoms with E-state index in [0.29, 0.717) is 30.6 Å². The molecule has 0 aromatic rings. The Morgan fingerprint density at radius 1 is 1.28 bits per heavy atom. The summed E-state index contributed by atoms with van der Waals surface area (Å²) in [5.41, 5.74) is 0. The molecule has 1 rings (SSSR count). The largest absolute Gasteiger partial charge is 0.393 e. The fourth-order valence-electron chi connectivity index (χ4n) is 3.02. The Balaban J connectivity index is 2.33. The van der Waals surface area contributed by atoms with Crippen LogP contribution >= 0.6 is 15.9 Å². The van der Waals surface area contributed by atoms with Crippen LogP contribution in [0.4, 0.5) is 0 Å². The van der Waals surface area contributed by atoms with Crippen molar-refractivity contribution >= 4 is 21.7 Å². The molecule has 1 aliphatic rings. The molecule has 0 heterocycles. The zero-order chi connectivity index (χ0) is 13.5. The zero-order valence-corrected chi connectivity index (χ0v) is 13.3. The molecule has 4 atom stereocenters. The van der Waals surface area contributed by atoms with Gasteiger partial charge in [-0.05, 0) is 30.6 Å². The third-order valence-electron chi connectivity index (χ3n) is 4.46. The minimum atomic E-state index is -0.390. The van der Waals surface area contributed by atoms with Crippen LogP contribution in [0.3, 0.4) is 0 Å². The maximum absolute atomic E-state index is 11.5. The van der Waals surface area contributed by atoms with E-state index >= 15 is 0 Å². The fourth-order valence-corrected chi connectivity index (χ4v) is 3.42. The second-order valence-electron chi connectivity index (χ2n) is 5.97. The summed E-state index contributed by atoms with van der Waals surface area (Å²) < 4.78 is 0. The van der Waals surface area contributed by atoms with Gasteiger partial charge in [0, 0.05) is 18.2 Å². The lowest BCUT2D eigenvalue weighted by molar-refractivity contribution is -0.125. The third kappa shape index (κ3) is 5.40. The van der Waals surface area contributed by atoms with Crippen LogP contribution in [0.1, 0.15) is 58.8 Å². The lowest BCUT2D eigenvalue weighted by Crippen LogP contribution is -2.32. The van der Waals surface area contributed by atoms with Gasteiger partial charge >= 0.3 is 0 Å². The number of halogens is 1. The molecule has 3 heteroatoms. The SMILES string of the molecule is CC(CCCCCBr)C(C)C1CC(=O)CC(O)C1. The minimum Gasteiger partial charge on any atom is -0.393 e. The first-order chi connectivity index (χ1) is 8.54. The maximum Gasteiger partial charge on any atom is 0.135 e. The molecule has 0 spiro atoms. The van der Waals surface area contributed by atoms with Crippen molar-refractivity contribution in [1.29, 1.82) is 0 Å². The Morgan fingerprint density at radius 2 is 2.00 bits per heavy atom. The summed E-state index contributed by atoms with van der Waals surface area (Å²) in [4.78, 5) is 11.5. The van der Waals surface area contributed by atoms with Crippen LogP contribution in [-0.2, 0) is 4.79 Å². The molecule has 18 heavy (non-hydrogen) atoms. The van der Waals surface area contributed by atoms with Crippen molar-refractivity contribution in [2.45, 2.75) is 64.9 Å². The summed E-state index contributed by atoms with van der Waals surface area (Å²) in [5.74, 6) is 1.85. The van der Waals surface area contributed by atoms with Gasteiger partial charge in [-0.25, -0.2) is 0 Å². The molecule has 0 aromatic carbocycles. The highest BCUT2D eigenvalue weighted by atomic mass is 79.9. The highest BCUT2D eigenvalue weighted by Crippen LogP contribution is 2.34. The van der Waals surface area contributed by atoms with Crippen LogP contribution in [0.25, 0.3) is 0 Å². The van der Waals surface area contributed by atoms with Crippen LogP contribution < -0.4 is 0 Å². The van der Waals surface area contributed by atoms with Crippen molar-refractivity contribution < 1.29 is 9.90 Å². The van der Waals surface area contributed by atoms with Crippen molar-refractivity contribution in [2.24, 2.45) is 17.8 Å². The number of hydrogen-bond acceptors (Lipinski definition) is 2. The van der Waals surface area contributed by atoms with Gasteiger partial charge in [0.25, 0.3) is 0 Å². The van der Waals surface area contributed by atoms with Gasteiger partial charge in [-0.3, -0.25) is 4.79 Å². The Labute approximate surface area is 120 Å². The monoisotopic (exact) mass is 318 g/mol. The zero-order valence-electron chi connectivity index (χ0n) is 11.7. The van der Waals surface area contributed by atoms with Gasteiger partial charge in [-0.2, -0.15) is 0 Å². The van der Waals surface area contributed by atoms with Crippen molar-refractivity contribution in [2.75, 3.05) is 5.33 Å². The molecule has 0 bridgehead atoms. The number of aliphatic hydroxyl groups is 1. The topological polar surface area (TPSA) is 37.3 Å². The average Bonchev–Trinajstić information content (AvgIpc) is 2.32. The number of Topliss-reactive ketones (excluding diaryl/α,β-unsaturated/α-hetero) is 1. The van der Waals surface area contributed by atoms with Gasteiger partial charge in [0.1, 0.15) is 5.78 Å². The summed E-state index contributed by atoms with van der Waals surface area (Å²) in [6.45, 7) is 4.55. The van der Waals surface area contributed by atoms with Crippen molar-refractivity contribution in [3.05, 3.63) is 0 Å². The lowest BCUT2D eigenvalue weighted by atomic mass is 9.73. The van der Waals surface area contributed by atoms with Crippen LogP contribution in [0, 0.1) is 17.8 Å². The first-order valence-electron chi connectivity index (χ1n) is 7.30. The highest BCUT2D eigenvalue weighted by molar-refractivity contribution is 9.09. The molecule has 0 saturated heterocycles. The molecule has 0 amide bonds. The quantitative estimate of drug-likeness (QED) is 0.570. The first-order valence-corrected chi connectivity index (χ1v) is 8.42. The number of unbranched alkanes of at least 4 members (excludes halogenated alkanes) is 2. The van der Waals surface area contributed by atoms with Crippen molar-refractivity contribution in [3.8, 4) is 0 Å². The van der Waals surface area contributed by atoms with E-state index in [0.717, 1.165) is 11.8 Å². The summed E-state index contributed by atoms with van der Waals surface area (Å²) in [7, 11) is 0. The number of alkyl halides is 1. The second kappa shape index (κ2) is 8.31. The predicted octanol–water partition coefficient (Wildman–Crippen LogP) is 3.94. The van der Waals surface area contributed by atoms with E-state index in [9.17, 15) is 9.90 Å². The van der Waals surface area contributed by atoms with Gasteiger partial charge < -0.3 is 5.11 Å². The van der Waals surface area contributed by atoms with Crippen LogP contribution in [-0.4, -0.2) is 22.3 Å². The molecule has 0 aliphatic heterocycles. The molecular formula is C15H27BrO2. The Bertz CT molecular complexity index is 255. The number of carbonyl (C=O) groups excluding carboxylic acids is 1. The average molecular weight is 319 g/mol. The summed E-state index contributed by atoms with van der Waals surface area (Å²) in [6.07, 6.45) is 6.55. The molecule has 0 aromatic heterocycles. The molecule has 1 fully saturated rings. The van der Waals surface area contributed by atoms with E-state index in [1.165, 1.54) is 25.7 Å². The normalized spacial score (nSPS) is 28.1. The molecule has 0 radical (unpaired) electrons. The smallest absolute Gasteiger partial charge is 0.135 e. The fraction of sp³-hybridized carbons (Fsp3) is 0.933. The number of rotatable bonds is 7. The summed E-state index contributed by atoms with van der Waals surface area (Å²) >= 11 is 3.46. The van der Waals surface area contributed by atoms with E-state index < -0.39 is 0 Å². The van der Waals surface area contributed by atoms with Gasteiger partial charge in [0.15, 0.2) is 0 Å². The van der Waals surface area contributed by atoms with E-state index in [1.807, 2.05) is 0 Å². The number of ketones is 1. The molecular weight excluding hydrogens is 292 g/mol. The van der Waals surface area contributed by atoms with Crippen LogP contribution in [0.5, 0.6) is 0 Å². The summed E-state index contributed by atoms with van der Waals surface area (Å²) in [5, 5.41) is 10.8. The Kier molecular flexibility index (Phi) is 7.47. The van der Waals surface area contributed by atoms with Crippen molar-refractivity contribution in [3.63, 3.8) is 0 Å². The van der Waals surface area contributed by atoms with Gasteiger partial charge in [0.2, 0.25) is 0 Å². The van der Waals surface area contributed by atoms with Crippen molar-refractivity contribution in [1.82, 2.24) is 0 Å². The molecule has 4 unspecified atom stereocenters. The van der Waals surface area contributed by atoms with Gasteiger partial charge in [-0.1, -0.05) is 49.0 Å². The van der Waals surface area contributed by atoms with E-state index in [1.54, 1.807) is 0 Å². The number of carbonyl (C=O) groups is 1. The third-order valence-corrected chi connectivity index (χ3v) is 5.02.